The third-order valence-corrected chi connectivity index (χ3v) is 6.33. The SMILES string of the molecule is COc1ccc(C(=O)NCCCCCc2nc3ccccc3n2Cc2ccccc2C)cc1OC. The van der Waals surface area contributed by atoms with Crippen molar-refractivity contribution in [3.05, 3.63) is 89.2 Å². The van der Waals surface area contributed by atoms with E-state index in [4.69, 9.17) is 14.5 Å². The average Bonchev–Trinajstić information content (AvgIpc) is 3.23. The minimum atomic E-state index is -0.106. The summed E-state index contributed by atoms with van der Waals surface area (Å²) in [5, 5.41) is 3.00. The van der Waals surface area contributed by atoms with Gasteiger partial charge in [0, 0.05) is 25.1 Å². The van der Waals surface area contributed by atoms with Crippen molar-refractivity contribution in [2.45, 2.75) is 39.2 Å². The number of nitrogens with zero attached hydrogens (tertiary/aromatic N) is 2. The number of amides is 1. The molecule has 0 aliphatic carbocycles. The zero-order valence-corrected chi connectivity index (χ0v) is 20.7. The number of carbonyl (C=O) groups is 1. The van der Waals surface area contributed by atoms with Crippen molar-refractivity contribution >= 4 is 16.9 Å². The number of ether oxygens (including phenoxy) is 2. The topological polar surface area (TPSA) is 65.4 Å². The lowest BCUT2D eigenvalue weighted by atomic mass is 10.1. The Morgan fingerprint density at radius 3 is 2.49 bits per heavy atom. The van der Waals surface area contributed by atoms with Gasteiger partial charge in [-0.25, -0.2) is 4.98 Å². The molecule has 0 saturated carbocycles. The molecular formula is C29H33N3O3. The number of aromatic nitrogens is 2. The zero-order valence-electron chi connectivity index (χ0n) is 20.7. The molecule has 1 heterocycles. The Kier molecular flexibility index (Phi) is 8.03. The van der Waals surface area contributed by atoms with Crippen LogP contribution in [0.4, 0.5) is 0 Å². The summed E-state index contributed by atoms with van der Waals surface area (Å²) < 4.78 is 12.9. The van der Waals surface area contributed by atoms with Gasteiger partial charge in [0.1, 0.15) is 5.82 Å². The predicted molar refractivity (Wildman–Crippen MR) is 139 cm³/mol. The Morgan fingerprint density at radius 2 is 1.69 bits per heavy atom. The Balaban J connectivity index is 1.31. The fourth-order valence-electron chi connectivity index (χ4n) is 4.32. The lowest BCUT2D eigenvalue weighted by molar-refractivity contribution is 0.0952. The van der Waals surface area contributed by atoms with E-state index in [0.717, 1.165) is 43.6 Å². The first-order valence-corrected chi connectivity index (χ1v) is 12.1. The summed E-state index contributed by atoms with van der Waals surface area (Å²) in [6, 6.07) is 22.1. The second kappa shape index (κ2) is 11.6. The average molecular weight is 472 g/mol. The summed E-state index contributed by atoms with van der Waals surface area (Å²) in [4.78, 5) is 17.4. The van der Waals surface area contributed by atoms with Crippen LogP contribution in [-0.4, -0.2) is 36.2 Å². The second-order valence-electron chi connectivity index (χ2n) is 8.67. The molecule has 1 aromatic heterocycles. The van der Waals surface area contributed by atoms with E-state index < -0.39 is 0 Å². The van der Waals surface area contributed by atoms with E-state index in [2.05, 4.69) is 59.3 Å². The number of methoxy groups -OCH3 is 2. The Bertz CT molecular complexity index is 1300. The van der Waals surface area contributed by atoms with Crippen LogP contribution in [0, 0.1) is 6.92 Å². The monoisotopic (exact) mass is 471 g/mol. The molecule has 1 N–H and O–H groups in total. The highest BCUT2D eigenvalue weighted by molar-refractivity contribution is 5.94. The van der Waals surface area contributed by atoms with Crippen LogP contribution in [0.25, 0.3) is 11.0 Å². The Hall–Kier alpha value is -3.80. The van der Waals surface area contributed by atoms with Crippen LogP contribution in [0.3, 0.4) is 0 Å². The molecule has 0 spiro atoms. The van der Waals surface area contributed by atoms with E-state index in [0.29, 0.717) is 23.6 Å². The third kappa shape index (κ3) is 5.83. The van der Waals surface area contributed by atoms with Gasteiger partial charge in [0.15, 0.2) is 11.5 Å². The Labute approximate surface area is 206 Å². The van der Waals surface area contributed by atoms with Crippen molar-refractivity contribution < 1.29 is 14.3 Å². The number of fused-ring (bicyclic) bond motifs is 1. The molecule has 0 aliphatic heterocycles. The molecule has 0 unspecified atom stereocenters. The summed E-state index contributed by atoms with van der Waals surface area (Å²) >= 11 is 0. The van der Waals surface area contributed by atoms with Crippen molar-refractivity contribution in [2.24, 2.45) is 0 Å². The third-order valence-electron chi connectivity index (χ3n) is 6.33. The number of unbranched alkanes of at least 4 members (excludes halogenated alkanes) is 2. The highest BCUT2D eigenvalue weighted by Gasteiger charge is 2.12. The van der Waals surface area contributed by atoms with Crippen LogP contribution in [0.1, 0.15) is 46.6 Å². The number of hydrogen-bond acceptors (Lipinski definition) is 4. The number of nitrogens with one attached hydrogen (secondary N) is 1. The van der Waals surface area contributed by atoms with Crippen molar-refractivity contribution in [3.63, 3.8) is 0 Å². The Morgan fingerprint density at radius 1 is 0.914 bits per heavy atom. The van der Waals surface area contributed by atoms with Crippen LogP contribution in [-0.2, 0) is 13.0 Å². The number of aryl methyl sites for hydroxylation is 2. The lowest BCUT2D eigenvalue weighted by Gasteiger charge is -2.12. The summed E-state index contributed by atoms with van der Waals surface area (Å²) in [7, 11) is 3.14. The molecule has 4 aromatic rings. The first kappa shape index (κ1) is 24.3. The van der Waals surface area contributed by atoms with E-state index in [1.807, 2.05) is 6.07 Å². The van der Waals surface area contributed by atoms with Gasteiger partial charge in [-0.15, -0.1) is 0 Å². The summed E-state index contributed by atoms with van der Waals surface area (Å²) in [6.45, 7) is 3.61. The fourth-order valence-corrected chi connectivity index (χ4v) is 4.32. The van der Waals surface area contributed by atoms with Crippen LogP contribution < -0.4 is 14.8 Å². The molecule has 0 fully saturated rings. The van der Waals surface area contributed by atoms with E-state index in [9.17, 15) is 4.79 Å². The van der Waals surface area contributed by atoms with E-state index >= 15 is 0 Å². The predicted octanol–water partition coefficient (Wildman–Crippen LogP) is 5.55. The number of carbonyl (C=O) groups excluding carboxylic acids is 1. The summed E-state index contributed by atoms with van der Waals surface area (Å²) in [5.41, 5.74) is 5.38. The van der Waals surface area contributed by atoms with Gasteiger partial charge in [0.25, 0.3) is 5.91 Å². The minimum Gasteiger partial charge on any atom is -0.493 e. The maximum Gasteiger partial charge on any atom is 0.251 e. The molecule has 35 heavy (non-hydrogen) atoms. The smallest absolute Gasteiger partial charge is 0.251 e. The summed E-state index contributed by atoms with van der Waals surface area (Å²) in [6.07, 6.45) is 3.85. The molecule has 0 bridgehead atoms. The number of para-hydroxylation sites is 2. The molecular weight excluding hydrogens is 438 g/mol. The van der Waals surface area contributed by atoms with Crippen LogP contribution in [0.5, 0.6) is 11.5 Å². The number of rotatable bonds is 11. The molecule has 0 atom stereocenters. The van der Waals surface area contributed by atoms with Gasteiger partial charge in [-0.1, -0.05) is 42.8 Å². The molecule has 3 aromatic carbocycles. The van der Waals surface area contributed by atoms with E-state index in [1.54, 1.807) is 32.4 Å². The molecule has 1 amide bonds. The van der Waals surface area contributed by atoms with Crippen molar-refractivity contribution in [3.8, 4) is 11.5 Å². The van der Waals surface area contributed by atoms with Crippen molar-refractivity contribution in [1.29, 1.82) is 0 Å². The molecule has 0 saturated heterocycles. The zero-order chi connectivity index (χ0) is 24.6. The van der Waals surface area contributed by atoms with Crippen LogP contribution >= 0.6 is 0 Å². The van der Waals surface area contributed by atoms with Crippen LogP contribution in [0.2, 0.25) is 0 Å². The molecule has 6 heteroatoms. The molecule has 4 rings (SSSR count). The highest BCUT2D eigenvalue weighted by atomic mass is 16.5. The van der Waals surface area contributed by atoms with Gasteiger partial charge < -0.3 is 19.4 Å². The van der Waals surface area contributed by atoms with Crippen molar-refractivity contribution in [2.75, 3.05) is 20.8 Å². The van der Waals surface area contributed by atoms with E-state index in [1.165, 1.54) is 16.6 Å². The van der Waals surface area contributed by atoms with Gasteiger partial charge in [-0.2, -0.15) is 0 Å². The van der Waals surface area contributed by atoms with Gasteiger partial charge in [0.2, 0.25) is 0 Å². The quantitative estimate of drug-likeness (QED) is 0.291. The number of benzene rings is 3. The largest absolute Gasteiger partial charge is 0.493 e. The van der Waals surface area contributed by atoms with E-state index in [-0.39, 0.29) is 5.91 Å². The summed E-state index contributed by atoms with van der Waals surface area (Å²) in [5.74, 6) is 2.17. The van der Waals surface area contributed by atoms with Gasteiger partial charge in [-0.05, 0) is 61.2 Å². The van der Waals surface area contributed by atoms with Gasteiger partial charge >= 0.3 is 0 Å². The number of imidazole rings is 1. The first-order valence-electron chi connectivity index (χ1n) is 12.1. The number of hydrogen-bond donors (Lipinski definition) is 1. The highest BCUT2D eigenvalue weighted by Crippen LogP contribution is 2.27. The van der Waals surface area contributed by atoms with Gasteiger partial charge in [0.05, 0.1) is 25.3 Å². The molecule has 6 nitrogen and oxygen atoms in total. The van der Waals surface area contributed by atoms with Crippen molar-refractivity contribution in [1.82, 2.24) is 14.9 Å². The van der Waals surface area contributed by atoms with Gasteiger partial charge in [-0.3, -0.25) is 4.79 Å². The standard InChI is InChI=1S/C29H33N3O3/c1-21-11-6-7-12-23(21)20-32-25-14-9-8-13-24(25)31-28(32)15-5-4-10-18-30-29(33)22-16-17-26(34-2)27(19-22)35-3/h6-9,11-14,16-17,19H,4-5,10,15,18,20H2,1-3H3,(H,30,33). The molecule has 0 aliphatic rings. The lowest BCUT2D eigenvalue weighted by Crippen LogP contribution is -2.24. The second-order valence-corrected chi connectivity index (χ2v) is 8.67. The minimum absolute atomic E-state index is 0.106. The fraction of sp³-hybridized carbons (Fsp3) is 0.310. The first-order chi connectivity index (χ1) is 17.1. The molecule has 0 radical (unpaired) electrons. The van der Waals surface area contributed by atoms with Crippen LogP contribution in [0.15, 0.2) is 66.7 Å². The maximum absolute atomic E-state index is 12.5. The normalized spacial score (nSPS) is 10.9. The maximum atomic E-state index is 12.5. The molecule has 182 valence electrons.